The number of allylic oxidation sites excluding steroid dienone is 2. The Kier molecular flexibility index (Phi) is 5.63. The Labute approximate surface area is 160 Å². The van der Waals surface area contributed by atoms with Gasteiger partial charge in [-0.2, -0.15) is 0 Å². The summed E-state index contributed by atoms with van der Waals surface area (Å²) >= 11 is 13.4. The Bertz CT molecular complexity index is 905. The van der Waals surface area contributed by atoms with E-state index in [1.807, 2.05) is 49.4 Å². The minimum atomic E-state index is -0.178. The SMILES string of the molecule is CC(=C\c1ccccc1)/C=C1/SC(=Nc2cccc(Cl)c2Cl)NC1=O. The van der Waals surface area contributed by atoms with Crippen LogP contribution >= 0.6 is 35.0 Å². The monoisotopic (exact) mass is 388 g/mol. The molecule has 0 aliphatic carbocycles. The van der Waals surface area contributed by atoms with Crippen molar-refractivity contribution in [2.75, 3.05) is 0 Å². The predicted molar refractivity (Wildman–Crippen MR) is 107 cm³/mol. The minimum Gasteiger partial charge on any atom is -0.300 e. The summed E-state index contributed by atoms with van der Waals surface area (Å²) in [5.41, 5.74) is 2.58. The summed E-state index contributed by atoms with van der Waals surface area (Å²) in [5.74, 6) is -0.178. The molecular formula is C19H14Cl2N2OS. The Balaban J connectivity index is 1.81. The van der Waals surface area contributed by atoms with E-state index in [9.17, 15) is 4.79 Å². The maximum absolute atomic E-state index is 12.1. The van der Waals surface area contributed by atoms with Gasteiger partial charge in [0.1, 0.15) is 0 Å². The highest BCUT2D eigenvalue weighted by atomic mass is 35.5. The summed E-state index contributed by atoms with van der Waals surface area (Å²) in [5, 5.41) is 4.02. The molecule has 6 heteroatoms. The Morgan fingerprint density at radius 1 is 1.12 bits per heavy atom. The molecule has 0 bridgehead atoms. The van der Waals surface area contributed by atoms with Gasteiger partial charge in [0.25, 0.3) is 5.91 Å². The number of hydrogen-bond donors (Lipinski definition) is 1. The molecule has 25 heavy (non-hydrogen) atoms. The lowest BCUT2D eigenvalue weighted by Gasteiger charge is -2.00. The maximum Gasteiger partial charge on any atom is 0.264 e. The van der Waals surface area contributed by atoms with Gasteiger partial charge in [-0.05, 0) is 48.0 Å². The standard InChI is InChI=1S/C19H14Cl2N2OS/c1-12(10-13-6-3-2-4-7-13)11-16-18(24)23-19(25-16)22-15-9-5-8-14(20)17(15)21/h2-11H,1H3,(H,22,23,24)/b12-10+,16-11+. The van der Waals surface area contributed by atoms with Gasteiger partial charge in [-0.1, -0.05) is 65.7 Å². The highest BCUT2D eigenvalue weighted by Gasteiger charge is 2.24. The Morgan fingerprint density at radius 2 is 1.88 bits per heavy atom. The highest BCUT2D eigenvalue weighted by molar-refractivity contribution is 8.18. The average molecular weight is 389 g/mol. The van der Waals surface area contributed by atoms with E-state index in [1.165, 1.54) is 11.8 Å². The molecule has 0 spiro atoms. The third-order valence-corrected chi connectivity index (χ3v) is 5.08. The quantitative estimate of drug-likeness (QED) is 0.671. The molecule has 3 rings (SSSR count). The molecule has 1 heterocycles. The van der Waals surface area contributed by atoms with Crippen molar-refractivity contribution < 1.29 is 4.79 Å². The molecule has 1 fully saturated rings. The fraction of sp³-hybridized carbons (Fsp3) is 0.0526. The van der Waals surface area contributed by atoms with Crippen LogP contribution in [0.5, 0.6) is 0 Å². The topological polar surface area (TPSA) is 41.5 Å². The number of nitrogens with zero attached hydrogens (tertiary/aromatic N) is 1. The van der Waals surface area contributed by atoms with Crippen molar-refractivity contribution in [3.8, 4) is 0 Å². The summed E-state index contributed by atoms with van der Waals surface area (Å²) in [4.78, 5) is 17.1. The molecule has 126 valence electrons. The van der Waals surface area contributed by atoms with Crippen LogP contribution in [0.4, 0.5) is 5.69 Å². The summed E-state index contributed by atoms with van der Waals surface area (Å²) < 4.78 is 0. The van der Waals surface area contributed by atoms with Gasteiger partial charge in [-0.15, -0.1) is 0 Å². The highest BCUT2D eigenvalue weighted by Crippen LogP contribution is 2.34. The number of amidine groups is 1. The van der Waals surface area contributed by atoms with E-state index in [2.05, 4.69) is 10.3 Å². The average Bonchev–Trinajstić information content (AvgIpc) is 2.92. The van der Waals surface area contributed by atoms with E-state index in [4.69, 9.17) is 23.2 Å². The molecule has 3 nitrogen and oxygen atoms in total. The second-order valence-corrected chi connectivity index (χ2v) is 7.17. The third-order valence-electron chi connectivity index (χ3n) is 3.36. The molecular weight excluding hydrogens is 375 g/mol. The Hall–Kier alpha value is -2.01. The molecule has 0 unspecified atom stereocenters. The van der Waals surface area contributed by atoms with E-state index in [1.54, 1.807) is 18.2 Å². The van der Waals surface area contributed by atoms with Crippen LogP contribution in [0.1, 0.15) is 12.5 Å². The van der Waals surface area contributed by atoms with Gasteiger partial charge in [0.15, 0.2) is 5.17 Å². The van der Waals surface area contributed by atoms with Gasteiger partial charge in [-0.3, -0.25) is 4.79 Å². The lowest BCUT2D eigenvalue weighted by molar-refractivity contribution is -0.115. The molecule has 2 aromatic carbocycles. The third kappa shape index (κ3) is 4.54. The normalized spacial score (nSPS) is 18.0. The number of thioether (sulfide) groups is 1. The van der Waals surface area contributed by atoms with Crippen molar-refractivity contribution in [2.24, 2.45) is 4.99 Å². The van der Waals surface area contributed by atoms with Crippen LogP contribution in [-0.2, 0) is 4.79 Å². The number of amides is 1. The number of halogens is 2. The van der Waals surface area contributed by atoms with Crippen molar-refractivity contribution >= 4 is 57.8 Å². The van der Waals surface area contributed by atoms with Gasteiger partial charge in [0.05, 0.1) is 20.6 Å². The van der Waals surface area contributed by atoms with E-state index in [0.717, 1.165) is 11.1 Å². The van der Waals surface area contributed by atoms with Crippen LogP contribution < -0.4 is 5.32 Å². The summed E-state index contributed by atoms with van der Waals surface area (Å²) in [6, 6.07) is 15.1. The summed E-state index contributed by atoms with van der Waals surface area (Å²) in [6.45, 7) is 1.96. The number of nitrogens with one attached hydrogen (secondary N) is 1. The van der Waals surface area contributed by atoms with Crippen molar-refractivity contribution in [3.05, 3.63) is 80.7 Å². The number of carbonyl (C=O) groups is 1. The number of rotatable bonds is 3. The first kappa shape index (κ1) is 17.8. The van der Waals surface area contributed by atoms with Crippen molar-refractivity contribution in [1.82, 2.24) is 5.32 Å². The van der Waals surface area contributed by atoms with Crippen LogP contribution in [0.15, 0.2) is 70.1 Å². The molecule has 1 N–H and O–H groups in total. The van der Waals surface area contributed by atoms with Crippen molar-refractivity contribution in [2.45, 2.75) is 6.92 Å². The number of aliphatic imine (C=N–C) groups is 1. The molecule has 1 saturated heterocycles. The van der Waals surface area contributed by atoms with Crippen LogP contribution in [0.3, 0.4) is 0 Å². The predicted octanol–water partition coefficient (Wildman–Crippen LogP) is 5.83. The second-order valence-electron chi connectivity index (χ2n) is 5.35. The van der Waals surface area contributed by atoms with Crippen LogP contribution in [0, 0.1) is 0 Å². The van der Waals surface area contributed by atoms with Gasteiger partial charge in [0, 0.05) is 0 Å². The Morgan fingerprint density at radius 3 is 2.64 bits per heavy atom. The zero-order chi connectivity index (χ0) is 17.8. The fourth-order valence-corrected chi connectivity index (χ4v) is 3.45. The molecule has 1 aliphatic rings. The number of hydrogen-bond acceptors (Lipinski definition) is 3. The van der Waals surface area contributed by atoms with E-state index in [0.29, 0.717) is 25.8 Å². The van der Waals surface area contributed by atoms with Crippen LogP contribution in [0.25, 0.3) is 6.08 Å². The zero-order valence-electron chi connectivity index (χ0n) is 13.3. The zero-order valence-corrected chi connectivity index (χ0v) is 15.6. The lowest BCUT2D eigenvalue weighted by atomic mass is 10.1. The molecule has 0 aromatic heterocycles. The first-order chi connectivity index (χ1) is 12.0. The smallest absolute Gasteiger partial charge is 0.264 e. The molecule has 0 atom stereocenters. The van der Waals surface area contributed by atoms with E-state index in [-0.39, 0.29) is 5.91 Å². The molecule has 1 aliphatic heterocycles. The lowest BCUT2D eigenvalue weighted by Crippen LogP contribution is -2.19. The first-order valence-electron chi connectivity index (χ1n) is 7.50. The molecule has 0 radical (unpaired) electrons. The number of carbonyl (C=O) groups excluding carboxylic acids is 1. The van der Waals surface area contributed by atoms with Gasteiger partial charge in [0.2, 0.25) is 0 Å². The van der Waals surface area contributed by atoms with E-state index >= 15 is 0 Å². The van der Waals surface area contributed by atoms with Crippen molar-refractivity contribution in [1.29, 1.82) is 0 Å². The van der Waals surface area contributed by atoms with Crippen molar-refractivity contribution in [3.63, 3.8) is 0 Å². The van der Waals surface area contributed by atoms with E-state index < -0.39 is 0 Å². The minimum absolute atomic E-state index is 0.178. The molecule has 0 saturated carbocycles. The fourth-order valence-electron chi connectivity index (χ4n) is 2.23. The largest absolute Gasteiger partial charge is 0.300 e. The summed E-state index contributed by atoms with van der Waals surface area (Å²) in [6.07, 6.45) is 3.86. The van der Waals surface area contributed by atoms with Gasteiger partial charge >= 0.3 is 0 Å². The van der Waals surface area contributed by atoms with Gasteiger partial charge in [-0.25, -0.2) is 4.99 Å². The number of benzene rings is 2. The molecule has 2 aromatic rings. The maximum atomic E-state index is 12.1. The molecule has 1 amide bonds. The van der Waals surface area contributed by atoms with Crippen LogP contribution in [0.2, 0.25) is 10.0 Å². The second kappa shape index (κ2) is 7.91. The van der Waals surface area contributed by atoms with Crippen LogP contribution in [-0.4, -0.2) is 11.1 Å². The summed E-state index contributed by atoms with van der Waals surface area (Å²) in [7, 11) is 0. The first-order valence-corrected chi connectivity index (χ1v) is 9.07. The van der Waals surface area contributed by atoms with Gasteiger partial charge < -0.3 is 5.32 Å².